The van der Waals surface area contributed by atoms with Crippen LogP contribution in [0, 0.1) is 16.7 Å². The largest absolute Gasteiger partial charge is 0.349 e. The number of allylic oxidation sites excluding steroid dienone is 3. The van der Waals surface area contributed by atoms with Gasteiger partial charge in [-0.25, -0.2) is 0 Å². The zero-order chi connectivity index (χ0) is 13.4. The van der Waals surface area contributed by atoms with Crippen molar-refractivity contribution in [2.75, 3.05) is 0 Å². The molecule has 3 atom stereocenters. The summed E-state index contributed by atoms with van der Waals surface area (Å²) in [6.07, 6.45) is 10.9. The van der Waals surface area contributed by atoms with Crippen molar-refractivity contribution in [3.05, 3.63) is 24.3 Å². The van der Waals surface area contributed by atoms with Crippen molar-refractivity contribution in [3.63, 3.8) is 0 Å². The van der Waals surface area contributed by atoms with E-state index in [1.54, 1.807) is 12.2 Å². The molecule has 2 nitrogen and oxygen atoms in total. The van der Waals surface area contributed by atoms with E-state index in [1.807, 2.05) is 19.1 Å². The molecule has 0 radical (unpaired) electrons. The minimum atomic E-state index is 0.0441. The number of hydrogen-bond acceptors (Lipinski definition) is 1. The van der Waals surface area contributed by atoms with Gasteiger partial charge in [0.15, 0.2) is 0 Å². The Kier molecular flexibility index (Phi) is 3.39. The molecule has 0 aromatic carbocycles. The summed E-state index contributed by atoms with van der Waals surface area (Å²) in [5.74, 6) is 0.815. The summed E-state index contributed by atoms with van der Waals surface area (Å²) in [5, 5.41) is 3.21. The molecule has 2 aliphatic carbocycles. The second-order valence-corrected chi connectivity index (χ2v) is 6.56. The standard InChI is InChI=1S/C16H25NO/c1-5-6-7-8-14(18)17-13-11-12-9-10-16(13,4)15(12,2)3/h5-8,12-13H,9-11H2,1-4H3,(H,17,18)/b6-5+,8-7-/t12-,13+,16-/m1/s1. The SMILES string of the molecule is C/C=C/C=C\C(=O)N[C@H]1C[C@H]2CC[C@@]1(C)C2(C)C. The van der Waals surface area contributed by atoms with Gasteiger partial charge in [0.25, 0.3) is 0 Å². The van der Waals surface area contributed by atoms with Crippen molar-refractivity contribution in [2.45, 2.75) is 53.0 Å². The number of nitrogens with one attached hydrogen (secondary N) is 1. The Morgan fingerprint density at radius 1 is 1.28 bits per heavy atom. The molecule has 2 saturated carbocycles. The first-order valence-corrected chi connectivity index (χ1v) is 7.01. The molecular weight excluding hydrogens is 222 g/mol. The maximum absolute atomic E-state index is 11.9. The Morgan fingerprint density at radius 3 is 2.50 bits per heavy atom. The number of hydrogen-bond donors (Lipinski definition) is 1. The molecule has 1 amide bonds. The van der Waals surface area contributed by atoms with Crippen molar-refractivity contribution in [2.24, 2.45) is 16.7 Å². The highest BCUT2D eigenvalue weighted by molar-refractivity contribution is 5.88. The van der Waals surface area contributed by atoms with E-state index in [4.69, 9.17) is 0 Å². The lowest BCUT2D eigenvalue weighted by atomic mass is 9.69. The number of carbonyl (C=O) groups excluding carboxylic acids is 1. The van der Waals surface area contributed by atoms with Crippen molar-refractivity contribution in [3.8, 4) is 0 Å². The molecule has 0 heterocycles. The molecule has 2 fully saturated rings. The van der Waals surface area contributed by atoms with E-state index in [9.17, 15) is 4.79 Å². The average Bonchev–Trinajstić information content (AvgIpc) is 2.62. The van der Waals surface area contributed by atoms with E-state index in [0.717, 1.165) is 12.3 Å². The summed E-state index contributed by atoms with van der Waals surface area (Å²) in [5.41, 5.74) is 0.625. The van der Waals surface area contributed by atoms with Gasteiger partial charge in [-0.05, 0) is 42.9 Å². The molecule has 0 saturated heterocycles. The van der Waals surface area contributed by atoms with Gasteiger partial charge >= 0.3 is 0 Å². The van der Waals surface area contributed by atoms with Crippen LogP contribution in [0.5, 0.6) is 0 Å². The molecule has 18 heavy (non-hydrogen) atoms. The first-order valence-electron chi connectivity index (χ1n) is 7.01. The molecule has 0 aliphatic heterocycles. The van der Waals surface area contributed by atoms with E-state index < -0.39 is 0 Å². The summed E-state index contributed by atoms with van der Waals surface area (Å²) in [6.45, 7) is 9.03. The van der Waals surface area contributed by atoms with Gasteiger partial charge in [0.05, 0.1) is 0 Å². The zero-order valence-corrected chi connectivity index (χ0v) is 12.0. The van der Waals surface area contributed by atoms with Crippen LogP contribution < -0.4 is 5.32 Å². The molecule has 0 unspecified atom stereocenters. The van der Waals surface area contributed by atoms with Crippen LogP contribution in [0.4, 0.5) is 0 Å². The van der Waals surface area contributed by atoms with E-state index >= 15 is 0 Å². The highest BCUT2D eigenvalue weighted by atomic mass is 16.1. The molecule has 2 heteroatoms. The maximum atomic E-state index is 11.9. The van der Waals surface area contributed by atoms with Crippen LogP contribution in [0.3, 0.4) is 0 Å². The van der Waals surface area contributed by atoms with Crippen LogP contribution in [0.25, 0.3) is 0 Å². The van der Waals surface area contributed by atoms with E-state index in [2.05, 4.69) is 26.1 Å². The highest BCUT2D eigenvalue weighted by Crippen LogP contribution is 2.65. The third-order valence-electron chi connectivity index (χ3n) is 5.66. The second-order valence-electron chi connectivity index (χ2n) is 6.56. The predicted molar refractivity (Wildman–Crippen MR) is 75.1 cm³/mol. The summed E-state index contributed by atoms with van der Waals surface area (Å²) >= 11 is 0. The fourth-order valence-corrected chi connectivity index (χ4v) is 3.90. The highest BCUT2D eigenvalue weighted by Gasteiger charge is 2.61. The minimum Gasteiger partial charge on any atom is -0.349 e. The Balaban J connectivity index is 2.03. The van der Waals surface area contributed by atoms with Crippen molar-refractivity contribution in [1.82, 2.24) is 5.32 Å². The molecule has 0 aromatic rings. The molecular formula is C16H25NO. The number of fused-ring (bicyclic) bond motifs is 2. The molecule has 2 rings (SSSR count). The van der Waals surface area contributed by atoms with Gasteiger partial charge in [-0.1, -0.05) is 39.0 Å². The van der Waals surface area contributed by atoms with Crippen molar-refractivity contribution >= 4 is 5.91 Å². The number of amides is 1. The second kappa shape index (κ2) is 4.56. The summed E-state index contributed by atoms with van der Waals surface area (Å²) in [6, 6.07) is 0.342. The zero-order valence-electron chi connectivity index (χ0n) is 12.0. The van der Waals surface area contributed by atoms with Crippen LogP contribution in [-0.4, -0.2) is 11.9 Å². The van der Waals surface area contributed by atoms with Crippen LogP contribution in [0.2, 0.25) is 0 Å². The van der Waals surface area contributed by atoms with Gasteiger partial charge in [0, 0.05) is 12.1 Å². The third kappa shape index (κ3) is 1.92. The molecule has 0 aromatic heterocycles. The average molecular weight is 247 g/mol. The van der Waals surface area contributed by atoms with E-state index in [0.29, 0.717) is 11.5 Å². The lowest BCUT2D eigenvalue weighted by Crippen LogP contribution is -2.46. The van der Waals surface area contributed by atoms with E-state index in [1.165, 1.54) is 12.8 Å². The van der Waals surface area contributed by atoms with Crippen LogP contribution in [-0.2, 0) is 4.79 Å². The summed E-state index contributed by atoms with van der Waals surface area (Å²) in [4.78, 5) is 11.9. The van der Waals surface area contributed by atoms with Crippen LogP contribution >= 0.6 is 0 Å². The minimum absolute atomic E-state index is 0.0441. The number of carbonyl (C=O) groups is 1. The number of rotatable bonds is 3. The van der Waals surface area contributed by atoms with Gasteiger partial charge in [-0.2, -0.15) is 0 Å². The Hall–Kier alpha value is -1.05. The Labute approximate surface area is 111 Å². The monoisotopic (exact) mass is 247 g/mol. The van der Waals surface area contributed by atoms with E-state index in [-0.39, 0.29) is 11.3 Å². The summed E-state index contributed by atoms with van der Waals surface area (Å²) < 4.78 is 0. The lowest BCUT2D eigenvalue weighted by Gasteiger charge is -2.39. The van der Waals surface area contributed by atoms with Crippen LogP contribution in [0.1, 0.15) is 47.0 Å². The van der Waals surface area contributed by atoms with Gasteiger partial charge in [0.2, 0.25) is 5.91 Å². The molecule has 2 aliphatic rings. The topological polar surface area (TPSA) is 29.1 Å². The smallest absolute Gasteiger partial charge is 0.244 e. The van der Waals surface area contributed by atoms with Gasteiger partial charge < -0.3 is 5.32 Å². The lowest BCUT2D eigenvalue weighted by molar-refractivity contribution is -0.118. The summed E-state index contributed by atoms with van der Waals surface area (Å²) in [7, 11) is 0. The van der Waals surface area contributed by atoms with Gasteiger partial charge in [0.1, 0.15) is 0 Å². The fraction of sp³-hybridized carbons (Fsp3) is 0.688. The normalized spacial score (nSPS) is 37.8. The Morgan fingerprint density at radius 2 is 2.00 bits per heavy atom. The van der Waals surface area contributed by atoms with Gasteiger partial charge in [-0.15, -0.1) is 0 Å². The third-order valence-corrected chi connectivity index (χ3v) is 5.66. The van der Waals surface area contributed by atoms with Crippen molar-refractivity contribution in [1.29, 1.82) is 0 Å². The van der Waals surface area contributed by atoms with Crippen molar-refractivity contribution < 1.29 is 4.79 Å². The first-order chi connectivity index (χ1) is 8.41. The Bertz CT molecular complexity index is 394. The maximum Gasteiger partial charge on any atom is 0.244 e. The quantitative estimate of drug-likeness (QED) is 0.600. The molecule has 0 spiro atoms. The molecule has 1 N–H and O–H groups in total. The van der Waals surface area contributed by atoms with Crippen LogP contribution in [0.15, 0.2) is 24.3 Å². The predicted octanol–water partition coefficient (Wildman–Crippen LogP) is 3.45. The molecule has 2 bridgehead atoms. The molecule has 100 valence electrons. The fourth-order valence-electron chi connectivity index (χ4n) is 3.90. The first kappa shape index (κ1) is 13.4. The van der Waals surface area contributed by atoms with Gasteiger partial charge in [-0.3, -0.25) is 4.79 Å².